The predicted molar refractivity (Wildman–Crippen MR) is 64.1 cm³/mol. The molecule has 0 saturated heterocycles. The highest BCUT2D eigenvalue weighted by molar-refractivity contribution is 5.98. The molecule has 1 aliphatic carbocycles. The Kier molecular flexibility index (Phi) is 3.34. The van der Waals surface area contributed by atoms with E-state index in [1.165, 1.54) is 18.4 Å². The molecule has 1 amide bonds. The Morgan fingerprint density at radius 1 is 1.44 bits per heavy atom. The summed E-state index contributed by atoms with van der Waals surface area (Å²) in [4.78, 5) is 16.0. The number of nitrogens with zero attached hydrogens (tertiary/aromatic N) is 1. The molecule has 0 atom stereocenters. The molecule has 0 unspecified atom stereocenters. The third-order valence-electron chi connectivity index (χ3n) is 2.87. The molecule has 3 nitrogen and oxygen atoms in total. The van der Waals surface area contributed by atoms with Gasteiger partial charge in [0, 0.05) is 13.2 Å². The topological polar surface area (TPSA) is 42.0 Å². The minimum atomic E-state index is -0.0606. The van der Waals surface area contributed by atoms with Crippen LogP contribution in [0.1, 0.15) is 41.7 Å². The molecule has 1 aromatic heterocycles. The Balaban J connectivity index is 2.39. The molecule has 1 N–H and O–H groups in total. The Morgan fingerprint density at radius 3 is 3.00 bits per heavy atom. The fourth-order valence-electron chi connectivity index (χ4n) is 2.03. The summed E-state index contributed by atoms with van der Waals surface area (Å²) in [7, 11) is 1.65. The zero-order valence-electron chi connectivity index (χ0n) is 9.49. The average Bonchev–Trinajstić information content (AvgIpc) is 2.39. The van der Waals surface area contributed by atoms with Gasteiger partial charge in [-0.2, -0.15) is 0 Å². The SMILES string of the molecule is CNC(=O)c1cccnc1C1=CCCCC1. The first-order valence-corrected chi connectivity index (χ1v) is 5.69. The maximum Gasteiger partial charge on any atom is 0.253 e. The fourth-order valence-corrected chi connectivity index (χ4v) is 2.03. The number of amides is 1. The second kappa shape index (κ2) is 4.92. The summed E-state index contributed by atoms with van der Waals surface area (Å²) in [5.74, 6) is -0.0606. The zero-order valence-corrected chi connectivity index (χ0v) is 9.49. The minimum Gasteiger partial charge on any atom is -0.355 e. The van der Waals surface area contributed by atoms with E-state index in [4.69, 9.17) is 0 Å². The molecule has 2 rings (SSSR count). The quantitative estimate of drug-likeness (QED) is 0.824. The van der Waals surface area contributed by atoms with Crippen LogP contribution >= 0.6 is 0 Å². The maximum absolute atomic E-state index is 11.7. The molecule has 1 heterocycles. The molecule has 0 saturated carbocycles. The van der Waals surface area contributed by atoms with Gasteiger partial charge >= 0.3 is 0 Å². The largest absolute Gasteiger partial charge is 0.355 e. The monoisotopic (exact) mass is 216 g/mol. The number of hydrogen-bond acceptors (Lipinski definition) is 2. The summed E-state index contributed by atoms with van der Waals surface area (Å²) in [6.45, 7) is 0. The van der Waals surface area contributed by atoms with Crippen LogP contribution in [0, 0.1) is 0 Å². The third-order valence-corrected chi connectivity index (χ3v) is 2.87. The van der Waals surface area contributed by atoms with E-state index in [1.807, 2.05) is 6.07 Å². The fraction of sp³-hybridized carbons (Fsp3) is 0.385. The standard InChI is InChI=1S/C13H16N2O/c1-14-13(16)11-8-5-9-15-12(11)10-6-3-2-4-7-10/h5-6,8-9H,2-4,7H2,1H3,(H,14,16). The normalized spacial score (nSPS) is 15.4. The van der Waals surface area contributed by atoms with E-state index in [2.05, 4.69) is 16.4 Å². The summed E-state index contributed by atoms with van der Waals surface area (Å²) in [5, 5.41) is 2.65. The highest BCUT2D eigenvalue weighted by atomic mass is 16.1. The second-order valence-corrected chi connectivity index (χ2v) is 3.95. The molecular formula is C13H16N2O. The van der Waals surface area contributed by atoms with Crippen molar-refractivity contribution < 1.29 is 4.79 Å². The lowest BCUT2D eigenvalue weighted by Gasteiger charge is -2.14. The van der Waals surface area contributed by atoms with Gasteiger partial charge in [0.05, 0.1) is 11.3 Å². The van der Waals surface area contributed by atoms with Gasteiger partial charge in [-0.3, -0.25) is 9.78 Å². The average molecular weight is 216 g/mol. The molecule has 0 bridgehead atoms. The van der Waals surface area contributed by atoms with Crippen LogP contribution in [0.4, 0.5) is 0 Å². The first kappa shape index (κ1) is 10.9. The number of carbonyl (C=O) groups is 1. The Labute approximate surface area is 95.6 Å². The molecule has 84 valence electrons. The summed E-state index contributed by atoms with van der Waals surface area (Å²) >= 11 is 0. The lowest BCUT2D eigenvalue weighted by Crippen LogP contribution is -2.20. The van der Waals surface area contributed by atoms with Crippen molar-refractivity contribution in [3.63, 3.8) is 0 Å². The molecular weight excluding hydrogens is 200 g/mol. The lowest BCUT2D eigenvalue weighted by molar-refractivity contribution is 0.0962. The zero-order chi connectivity index (χ0) is 11.4. The van der Waals surface area contributed by atoms with Crippen molar-refractivity contribution >= 4 is 11.5 Å². The van der Waals surface area contributed by atoms with E-state index >= 15 is 0 Å². The van der Waals surface area contributed by atoms with E-state index in [1.54, 1.807) is 19.3 Å². The molecule has 3 heteroatoms. The van der Waals surface area contributed by atoms with Crippen LogP contribution in [0.5, 0.6) is 0 Å². The summed E-state index contributed by atoms with van der Waals surface area (Å²) in [6, 6.07) is 3.63. The van der Waals surface area contributed by atoms with Gasteiger partial charge in [0.1, 0.15) is 0 Å². The van der Waals surface area contributed by atoms with Gasteiger partial charge < -0.3 is 5.32 Å². The van der Waals surface area contributed by atoms with E-state index in [0.717, 1.165) is 18.5 Å². The molecule has 1 aliphatic rings. The van der Waals surface area contributed by atoms with E-state index < -0.39 is 0 Å². The molecule has 0 fully saturated rings. The Morgan fingerprint density at radius 2 is 2.31 bits per heavy atom. The van der Waals surface area contributed by atoms with Crippen molar-refractivity contribution in [3.05, 3.63) is 35.7 Å². The van der Waals surface area contributed by atoms with Gasteiger partial charge in [-0.15, -0.1) is 0 Å². The van der Waals surface area contributed by atoms with Crippen LogP contribution in [0.3, 0.4) is 0 Å². The molecule has 0 radical (unpaired) electrons. The Hall–Kier alpha value is -1.64. The van der Waals surface area contributed by atoms with Crippen LogP contribution < -0.4 is 5.32 Å². The summed E-state index contributed by atoms with van der Waals surface area (Å²) in [5.41, 5.74) is 2.74. The van der Waals surface area contributed by atoms with Crippen molar-refractivity contribution in [3.8, 4) is 0 Å². The Bertz CT molecular complexity index is 424. The van der Waals surface area contributed by atoms with Gasteiger partial charge in [0.2, 0.25) is 0 Å². The van der Waals surface area contributed by atoms with Crippen molar-refractivity contribution in [2.24, 2.45) is 0 Å². The van der Waals surface area contributed by atoms with Crippen molar-refractivity contribution in [1.82, 2.24) is 10.3 Å². The first-order chi connectivity index (χ1) is 7.83. The maximum atomic E-state index is 11.7. The van der Waals surface area contributed by atoms with Crippen molar-refractivity contribution in [2.75, 3.05) is 7.05 Å². The molecule has 0 aliphatic heterocycles. The summed E-state index contributed by atoms with van der Waals surface area (Å²) < 4.78 is 0. The van der Waals surface area contributed by atoms with E-state index in [0.29, 0.717) is 5.56 Å². The first-order valence-electron chi connectivity index (χ1n) is 5.69. The van der Waals surface area contributed by atoms with Crippen LogP contribution in [0.25, 0.3) is 5.57 Å². The van der Waals surface area contributed by atoms with Gasteiger partial charge in [-0.05, 0) is 43.4 Å². The van der Waals surface area contributed by atoms with Gasteiger partial charge in [-0.1, -0.05) is 6.08 Å². The lowest BCUT2D eigenvalue weighted by atomic mass is 9.94. The summed E-state index contributed by atoms with van der Waals surface area (Å²) in [6.07, 6.45) is 8.51. The number of hydrogen-bond donors (Lipinski definition) is 1. The van der Waals surface area contributed by atoms with Crippen molar-refractivity contribution in [1.29, 1.82) is 0 Å². The minimum absolute atomic E-state index is 0.0606. The number of rotatable bonds is 2. The predicted octanol–water partition coefficient (Wildman–Crippen LogP) is 2.40. The van der Waals surface area contributed by atoms with E-state index in [9.17, 15) is 4.79 Å². The molecule has 0 aromatic carbocycles. The highest BCUT2D eigenvalue weighted by Crippen LogP contribution is 2.27. The third kappa shape index (κ3) is 2.13. The van der Waals surface area contributed by atoms with Crippen LogP contribution in [-0.2, 0) is 0 Å². The van der Waals surface area contributed by atoms with Crippen LogP contribution in [-0.4, -0.2) is 17.9 Å². The van der Waals surface area contributed by atoms with Gasteiger partial charge in [0.25, 0.3) is 5.91 Å². The molecule has 0 spiro atoms. The van der Waals surface area contributed by atoms with Gasteiger partial charge in [-0.25, -0.2) is 0 Å². The van der Waals surface area contributed by atoms with Crippen LogP contribution in [0.2, 0.25) is 0 Å². The molecule has 16 heavy (non-hydrogen) atoms. The second-order valence-electron chi connectivity index (χ2n) is 3.95. The number of allylic oxidation sites excluding steroid dienone is 2. The molecule has 1 aromatic rings. The highest BCUT2D eigenvalue weighted by Gasteiger charge is 2.15. The van der Waals surface area contributed by atoms with Crippen molar-refractivity contribution in [2.45, 2.75) is 25.7 Å². The van der Waals surface area contributed by atoms with Crippen LogP contribution in [0.15, 0.2) is 24.4 Å². The number of nitrogens with one attached hydrogen (secondary N) is 1. The number of carbonyl (C=O) groups excluding carboxylic acids is 1. The number of pyridine rings is 1. The number of aromatic nitrogens is 1. The van der Waals surface area contributed by atoms with Gasteiger partial charge in [0.15, 0.2) is 0 Å². The smallest absolute Gasteiger partial charge is 0.253 e. The van der Waals surface area contributed by atoms with E-state index in [-0.39, 0.29) is 5.91 Å².